The van der Waals surface area contributed by atoms with Gasteiger partial charge in [-0.3, -0.25) is 14.5 Å². The van der Waals surface area contributed by atoms with E-state index in [1.165, 1.54) is 11.8 Å². The summed E-state index contributed by atoms with van der Waals surface area (Å²) in [7, 11) is 0. The zero-order valence-corrected chi connectivity index (χ0v) is 24.5. The molecule has 2 aromatic heterocycles. The largest absolute Gasteiger partial charge is 0.477 e. The number of nitrogens with one attached hydrogen (secondary N) is 1. The Morgan fingerprint density at radius 1 is 1.26 bits per heavy atom. The molecule has 21 heteroatoms. The van der Waals surface area contributed by atoms with Crippen molar-refractivity contribution in [1.82, 2.24) is 35.4 Å². The van der Waals surface area contributed by atoms with Crippen molar-refractivity contribution in [3.63, 3.8) is 0 Å². The third kappa shape index (κ3) is 6.41. The number of nitrogen functional groups attached to an aromatic ring is 1. The van der Waals surface area contributed by atoms with Gasteiger partial charge in [-0.15, -0.1) is 28.2 Å². The van der Waals surface area contributed by atoms with Crippen LogP contribution in [0.1, 0.15) is 31.4 Å². The first-order valence-electron chi connectivity index (χ1n) is 12.7. The number of rotatable bonds is 12. The highest BCUT2D eigenvalue weighted by Crippen LogP contribution is 2.41. The van der Waals surface area contributed by atoms with E-state index in [4.69, 9.17) is 20.9 Å². The molecule has 0 aromatic carbocycles. The van der Waals surface area contributed by atoms with E-state index in [-0.39, 0.29) is 45.0 Å². The van der Waals surface area contributed by atoms with E-state index in [0.717, 1.165) is 58.4 Å². The molecular formula is C22H24N10O8S3. The molecule has 4 heterocycles. The molecule has 1 saturated carbocycles. The first-order valence-corrected chi connectivity index (χ1v) is 15.6. The van der Waals surface area contributed by atoms with Gasteiger partial charge in [0.25, 0.3) is 11.8 Å². The number of hydrogen-bond acceptors (Lipinski definition) is 16. The molecule has 2 amide bonds. The van der Waals surface area contributed by atoms with Crippen molar-refractivity contribution in [2.75, 3.05) is 17.2 Å². The summed E-state index contributed by atoms with van der Waals surface area (Å²) in [6.07, 6.45) is 3.49. The van der Waals surface area contributed by atoms with Crippen molar-refractivity contribution in [2.45, 2.75) is 54.9 Å². The number of carboxylic acid groups (broad SMARTS) is 2. The Kier molecular flexibility index (Phi) is 9.11. The predicted molar refractivity (Wildman–Crippen MR) is 151 cm³/mol. The van der Waals surface area contributed by atoms with Gasteiger partial charge in [-0.25, -0.2) is 19.3 Å². The lowest BCUT2D eigenvalue weighted by molar-refractivity contribution is -0.150. The minimum Gasteiger partial charge on any atom is -0.477 e. The monoisotopic (exact) mass is 652 g/mol. The maximum atomic E-state index is 13.3. The first kappa shape index (κ1) is 30.2. The lowest BCUT2D eigenvalue weighted by Gasteiger charge is -2.49. The van der Waals surface area contributed by atoms with Crippen LogP contribution >= 0.6 is 34.9 Å². The molecule has 2 fully saturated rings. The van der Waals surface area contributed by atoms with Crippen molar-refractivity contribution in [2.24, 2.45) is 10.3 Å². The number of aliphatic carboxylic acids is 2. The van der Waals surface area contributed by atoms with Crippen molar-refractivity contribution in [3.8, 4) is 0 Å². The molecule has 3 aliphatic rings. The highest BCUT2D eigenvalue weighted by molar-refractivity contribution is 8.01. The summed E-state index contributed by atoms with van der Waals surface area (Å²) in [4.78, 5) is 60.7. The van der Waals surface area contributed by atoms with Crippen LogP contribution in [0.3, 0.4) is 0 Å². The number of oxime groups is 2. The molecule has 1 unspecified atom stereocenters. The Morgan fingerprint density at radius 3 is 2.67 bits per heavy atom. The second-order valence-corrected chi connectivity index (χ2v) is 12.3. The fraction of sp³-hybridized carbons (Fsp3) is 0.455. The van der Waals surface area contributed by atoms with E-state index in [0.29, 0.717) is 5.57 Å². The van der Waals surface area contributed by atoms with Crippen LogP contribution in [0.15, 0.2) is 32.1 Å². The Hall–Kier alpha value is -4.24. The highest BCUT2D eigenvalue weighted by atomic mass is 32.2. The highest BCUT2D eigenvalue weighted by Gasteiger charge is 2.54. The molecule has 2 aromatic rings. The Labute approximate surface area is 254 Å². The molecule has 5 rings (SSSR count). The van der Waals surface area contributed by atoms with Crippen LogP contribution in [-0.4, -0.2) is 110 Å². The van der Waals surface area contributed by atoms with Crippen LogP contribution in [0, 0.1) is 0 Å². The van der Waals surface area contributed by atoms with E-state index in [9.17, 15) is 24.3 Å². The number of nitrogens with zero attached hydrogens (tertiary/aromatic N) is 8. The van der Waals surface area contributed by atoms with E-state index >= 15 is 0 Å². The smallest absolute Gasteiger partial charge is 0.355 e. The SMILES string of the molecule is Nc1nc(/C(=N/OC2CCCC2)C(=O)NC2C(=O)N3C(C(=O)O)=C(CSc4nnnn4C/C(=N\O)C(=O)O)CS[C@H]23)cs1. The minimum absolute atomic E-state index is 0.0573. The second kappa shape index (κ2) is 13.0. The topological polar surface area (TPSA) is 261 Å². The number of β-lactam (4-membered cyclic amide) rings is 1. The van der Waals surface area contributed by atoms with Crippen molar-refractivity contribution in [3.05, 3.63) is 22.3 Å². The van der Waals surface area contributed by atoms with Crippen molar-refractivity contribution >= 4 is 75.2 Å². The maximum Gasteiger partial charge on any atom is 0.355 e. The number of anilines is 1. The second-order valence-electron chi connectivity index (χ2n) is 9.40. The van der Waals surface area contributed by atoms with Crippen LogP contribution < -0.4 is 11.1 Å². The number of amides is 2. The number of fused-ring (bicyclic) bond motifs is 1. The van der Waals surface area contributed by atoms with Gasteiger partial charge < -0.3 is 31.3 Å². The molecule has 228 valence electrons. The molecule has 0 bridgehead atoms. The summed E-state index contributed by atoms with van der Waals surface area (Å²) in [6, 6.07) is -1.02. The molecule has 1 saturated heterocycles. The number of hydrogen-bond donors (Lipinski definition) is 5. The minimum atomic E-state index is -1.46. The van der Waals surface area contributed by atoms with E-state index in [2.05, 4.69) is 36.1 Å². The average molecular weight is 653 g/mol. The van der Waals surface area contributed by atoms with Gasteiger partial charge in [0.15, 0.2) is 16.6 Å². The average Bonchev–Trinajstić information content (AvgIpc) is 3.76. The van der Waals surface area contributed by atoms with Crippen molar-refractivity contribution in [1.29, 1.82) is 0 Å². The van der Waals surface area contributed by atoms with Crippen LogP contribution in [-0.2, 0) is 30.6 Å². The molecule has 2 aliphatic heterocycles. The van der Waals surface area contributed by atoms with Crippen LogP contribution in [0.4, 0.5) is 5.13 Å². The summed E-state index contributed by atoms with van der Waals surface area (Å²) < 4.78 is 1.08. The molecule has 2 atom stereocenters. The normalized spacial score (nSPS) is 21.0. The molecule has 0 spiro atoms. The number of aromatic nitrogens is 5. The number of carboxylic acids is 2. The summed E-state index contributed by atoms with van der Waals surface area (Å²) in [6.45, 7) is -0.431. The van der Waals surface area contributed by atoms with Gasteiger partial charge in [-0.05, 0) is 41.7 Å². The third-order valence-electron chi connectivity index (χ3n) is 6.65. The quantitative estimate of drug-likeness (QED) is 0.0655. The van der Waals surface area contributed by atoms with E-state index in [1.54, 1.807) is 5.38 Å². The summed E-state index contributed by atoms with van der Waals surface area (Å²) >= 11 is 3.40. The molecule has 0 radical (unpaired) electrons. The number of carbonyl (C=O) groups excluding carboxylic acids is 2. The first-order chi connectivity index (χ1) is 20.7. The number of thioether (sulfide) groups is 2. The third-order valence-corrected chi connectivity index (χ3v) is 9.71. The molecule has 6 N–H and O–H groups in total. The Balaban J connectivity index is 1.28. The fourth-order valence-corrected chi connectivity index (χ4v) is 7.47. The zero-order chi connectivity index (χ0) is 30.7. The van der Waals surface area contributed by atoms with Crippen LogP contribution in [0.5, 0.6) is 0 Å². The predicted octanol–water partition coefficient (Wildman–Crippen LogP) is -0.179. The Bertz CT molecular complexity index is 1530. The lowest BCUT2D eigenvalue weighted by Crippen LogP contribution is -2.71. The van der Waals surface area contributed by atoms with Gasteiger partial charge >= 0.3 is 11.9 Å². The van der Waals surface area contributed by atoms with Gasteiger partial charge in [0.1, 0.15) is 28.9 Å². The number of nitrogens with two attached hydrogens (primary N) is 1. The summed E-state index contributed by atoms with van der Waals surface area (Å²) in [5.74, 6) is -3.85. The standard InChI is InChI=1S/C22H24N10O8S3/c23-21-24-12(8-42-21)13(28-40-10-3-1-2-4-10)16(33)25-14-17(34)32-15(20(37)38)9(6-41-18(14)32)7-43-22-26-29-30-31(22)5-11(27-39)19(35)36/h8,10,14,18,39H,1-7H2,(H2,23,24)(H,25,33)(H,35,36)(H,37,38)/b27-11+,28-13-/t14?,18-/m1/s1. The molecular weight excluding hydrogens is 629 g/mol. The van der Waals surface area contributed by atoms with Crippen LogP contribution in [0.2, 0.25) is 0 Å². The molecule has 18 nitrogen and oxygen atoms in total. The van der Waals surface area contributed by atoms with Gasteiger partial charge in [-0.1, -0.05) is 22.1 Å². The maximum absolute atomic E-state index is 13.3. The fourth-order valence-electron chi connectivity index (χ4n) is 4.56. The number of tetrazole rings is 1. The lowest BCUT2D eigenvalue weighted by atomic mass is 10.0. The van der Waals surface area contributed by atoms with Gasteiger partial charge in [-0.2, -0.15) is 0 Å². The molecule has 43 heavy (non-hydrogen) atoms. The van der Waals surface area contributed by atoms with E-state index in [1.807, 2.05) is 0 Å². The Morgan fingerprint density at radius 2 is 2.02 bits per heavy atom. The molecule has 1 aliphatic carbocycles. The summed E-state index contributed by atoms with van der Waals surface area (Å²) in [5, 5.41) is 49.6. The van der Waals surface area contributed by atoms with Crippen molar-refractivity contribution < 1.29 is 39.4 Å². The van der Waals surface area contributed by atoms with Gasteiger partial charge in [0.2, 0.25) is 5.16 Å². The van der Waals surface area contributed by atoms with Crippen LogP contribution in [0.25, 0.3) is 0 Å². The van der Waals surface area contributed by atoms with Gasteiger partial charge in [0.05, 0.1) is 6.54 Å². The van der Waals surface area contributed by atoms with Gasteiger partial charge in [0, 0.05) is 16.9 Å². The summed E-state index contributed by atoms with van der Waals surface area (Å²) in [5.41, 5.74) is 5.38. The number of carbonyl (C=O) groups is 4. The van der Waals surface area contributed by atoms with E-state index < -0.39 is 47.4 Å². The zero-order valence-electron chi connectivity index (χ0n) is 22.0. The number of thiazole rings is 1.